The van der Waals surface area contributed by atoms with E-state index in [9.17, 15) is 22.4 Å². The van der Waals surface area contributed by atoms with Gasteiger partial charge in [-0.2, -0.15) is 4.72 Å². The molecule has 10 heteroatoms. The molecule has 1 aliphatic rings. The van der Waals surface area contributed by atoms with Gasteiger partial charge in [-0.25, -0.2) is 12.8 Å². The first-order valence-electron chi connectivity index (χ1n) is 10.3. The molecule has 1 atom stereocenters. The van der Waals surface area contributed by atoms with Gasteiger partial charge in [-0.05, 0) is 56.0 Å². The number of benzene rings is 2. The zero-order valence-electron chi connectivity index (χ0n) is 17.6. The van der Waals surface area contributed by atoms with Crippen LogP contribution in [0.15, 0.2) is 53.4 Å². The Labute approximate surface area is 186 Å². The van der Waals surface area contributed by atoms with Crippen LogP contribution in [0.5, 0.6) is 5.75 Å². The van der Waals surface area contributed by atoms with Crippen LogP contribution in [-0.4, -0.2) is 45.5 Å². The van der Waals surface area contributed by atoms with Gasteiger partial charge < -0.3 is 15.4 Å². The highest BCUT2D eigenvalue weighted by Gasteiger charge is 2.24. The molecule has 0 bridgehead atoms. The van der Waals surface area contributed by atoms with Crippen LogP contribution in [-0.2, 0) is 26.0 Å². The predicted octanol–water partition coefficient (Wildman–Crippen LogP) is 1.51. The minimum atomic E-state index is -4.16. The molecule has 0 aromatic heterocycles. The highest BCUT2D eigenvalue weighted by atomic mass is 32.2. The van der Waals surface area contributed by atoms with Crippen molar-refractivity contribution in [3.63, 3.8) is 0 Å². The molecule has 0 radical (unpaired) electrons. The number of ether oxygens (including phenoxy) is 1. The van der Waals surface area contributed by atoms with E-state index in [1.54, 1.807) is 12.1 Å². The molecule has 3 N–H and O–H groups in total. The molecular formula is C22H26FN3O5S. The second-order valence-electron chi connectivity index (χ2n) is 7.59. The van der Waals surface area contributed by atoms with E-state index in [1.807, 2.05) is 12.1 Å². The Kier molecular flexibility index (Phi) is 7.81. The SMILES string of the molecule is C[C@H](NS(=O)(=O)c1ccccc1F)C(=O)NCCc1ccc(OCC(=O)NC2CC2)cc1. The van der Waals surface area contributed by atoms with Gasteiger partial charge in [0, 0.05) is 12.6 Å². The monoisotopic (exact) mass is 463 g/mol. The fraction of sp³-hybridized carbons (Fsp3) is 0.364. The van der Waals surface area contributed by atoms with Crippen molar-refractivity contribution >= 4 is 21.8 Å². The van der Waals surface area contributed by atoms with E-state index in [1.165, 1.54) is 19.1 Å². The van der Waals surface area contributed by atoms with Gasteiger partial charge >= 0.3 is 0 Å². The number of carbonyl (C=O) groups excluding carboxylic acids is 2. The number of carbonyl (C=O) groups is 2. The van der Waals surface area contributed by atoms with Gasteiger partial charge in [0.2, 0.25) is 15.9 Å². The third-order valence-corrected chi connectivity index (χ3v) is 6.37. The van der Waals surface area contributed by atoms with E-state index in [-0.39, 0.29) is 19.1 Å². The number of sulfonamides is 1. The fourth-order valence-electron chi connectivity index (χ4n) is 2.89. The summed E-state index contributed by atoms with van der Waals surface area (Å²) in [6.45, 7) is 1.64. The molecule has 1 aliphatic carbocycles. The lowest BCUT2D eigenvalue weighted by Crippen LogP contribution is -2.45. The zero-order valence-corrected chi connectivity index (χ0v) is 18.5. The third-order valence-electron chi connectivity index (χ3n) is 4.80. The molecule has 0 aliphatic heterocycles. The predicted molar refractivity (Wildman–Crippen MR) is 116 cm³/mol. The summed E-state index contributed by atoms with van der Waals surface area (Å²) >= 11 is 0. The smallest absolute Gasteiger partial charge is 0.258 e. The first kappa shape index (κ1) is 23.7. The Balaban J connectivity index is 1.40. The van der Waals surface area contributed by atoms with Crippen molar-refractivity contribution in [2.45, 2.75) is 43.2 Å². The summed E-state index contributed by atoms with van der Waals surface area (Å²) in [4.78, 5) is 23.4. The summed E-state index contributed by atoms with van der Waals surface area (Å²) in [5.41, 5.74) is 0.930. The second-order valence-corrected chi connectivity index (χ2v) is 9.27. The molecule has 3 rings (SSSR count). The van der Waals surface area contributed by atoms with Crippen molar-refractivity contribution in [2.24, 2.45) is 0 Å². The van der Waals surface area contributed by atoms with E-state index in [0.29, 0.717) is 18.2 Å². The van der Waals surface area contributed by atoms with Crippen LogP contribution in [0.3, 0.4) is 0 Å². The maximum Gasteiger partial charge on any atom is 0.258 e. The van der Waals surface area contributed by atoms with Crippen molar-refractivity contribution in [3.8, 4) is 5.75 Å². The molecule has 0 heterocycles. The Morgan fingerprint density at radius 1 is 1.12 bits per heavy atom. The maximum absolute atomic E-state index is 13.7. The molecule has 8 nitrogen and oxygen atoms in total. The van der Waals surface area contributed by atoms with E-state index in [2.05, 4.69) is 15.4 Å². The summed E-state index contributed by atoms with van der Waals surface area (Å²) in [6, 6.07) is 11.3. The molecule has 2 amide bonds. The van der Waals surface area contributed by atoms with Gasteiger partial charge in [-0.1, -0.05) is 24.3 Å². The average molecular weight is 464 g/mol. The van der Waals surface area contributed by atoms with E-state index < -0.39 is 32.7 Å². The van der Waals surface area contributed by atoms with Crippen LogP contribution in [0.4, 0.5) is 4.39 Å². The maximum atomic E-state index is 13.7. The molecule has 0 unspecified atom stereocenters. The number of hydrogen-bond acceptors (Lipinski definition) is 5. The van der Waals surface area contributed by atoms with Crippen molar-refractivity contribution in [1.82, 2.24) is 15.4 Å². The van der Waals surface area contributed by atoms with Gasteiger partial charge in [-0.15, -0.1) is 0 Å². The number of rotatable bonds is 11. The van der Waals surface area contributed by atoms with Crippen LogP contribution in [0.2, 0.25) is 0 Å². The summed E-state index contributed by atoms with van der Waals surface area (Å²) < 4.78 is 45.9. The molecule has 1 fully saturated rings. The normalized spacial score (nSPS) is 14.4. The Morgan fingerprint density at radius 2 is 1.81 bits per heavy atom. The average Bonchev–Trinajstić information content (AvgIpc) is 3.57. The summed E-state index contributed by atoms with van der Waals surface area (Å²) in [5.74, 6) is -0.978. The highest BCUT2D eigenvalue weighted by Crippen LogP contribution is 2.18. The lowest BCUT2D eigenvalue weighted by Gasteiger charge is -2.15. The van der Waals surface area contributed by atoms with Gasteiger partial charge in [0.25, 0.3) is 5.91 Å². The number of nitrogens with one attached hydrogen (secondary N) is 3. The summed E-state index contributed by atoms with van der Waals surface area (Å²) in [5, 5.41) is 5.50. The van der Waals surface area contributed by atoms with E-state index in [0.717, 1.165) is 30.5 Å². The van der Waals surface area contributed by atoms with Crippen LogP contribution in [0.1, 0.15) is 25.3 Å². The van der Waals surface area contributed by atoms with Crippen LogP contribution >= 0.6 is 0 Å². The molecule has 32 heavy (non-hydrogen) atoms. The molecule has 2 aromatic carbocycles. The molecule has 2 aromatic rings. The molecule has 0 saturated heterocycles. The number of amides is 2. The minimum absolute atomic E-state index is 0.0351. The van der Waals surface area contributed by atoms with Crippen LogP contribution in [0, 0.1) is 5.82 Å². The minimum Gasteiger partial charge on any atom is -0.484 e. The highest BCUT2D eigenvalue weighted by molar-refractivity contribution is 7.89. The first-order valence-corrected chi connectivity index (χ1v) is 11.8. The van der Waals surface area contributed by atoms with Gasteiger partial charge in [0.15, 0.2) is 6.61 Å². The van der Waals surface area contributed by atoms with Crippen molar-refractivity contribution in [2.75, 3.05) is 13.2 Å². The lowest BCUT2D eigenvalue weighted by molar-refractivity contribution is -0.123. The molecule has 0 spiro atoms. The number of halogens is 1. The lowest BCUT2D eigenvalue weighted by atomic mass is 10.1. The number of hydrogen-bond donors (Lipinski definition) is 3. The quantitative estimate of drug-likeness (QED) is 0.468. The standard InChI is InChI=1S/C22H26FN3O5S/c1-15(26-32(29,30)20-5-3-2-4-19(20)23)22(28)24-13-12-16-6-10-18(11-7-16)31-14-21(27)25-17-8-9-17/h2-7,10-11,15,17,26H,8-9,12-14H2,1H3,(H,24,28)(H,25,27)/t15-/m0/s1. The molecular weight excluding hydrogens is 437 g/mol. The second kappa shape index (κ2) is 10.6. The largest absolute Gasteiger partial charge is 0.484 e. The van der Waals surface area contributed by atoms with E-state index in [4.69, 9.17) is 4.74 Å². The molecule has 1 saturated carbocycles. The Morgan fingerprint density at radius 3 is 2.47 bits per heavy atom. The van der Waals surface area contributed by atoms with Gasteiger partial charge in [0.05, 0.1) is 6.04 Å². The van der Waals surface area contributed by atoms with Gasteiger partial charge in [-0.3, -0.25) is 9.59 Å². The molecule has 172 valence electrons. The topological polar surface area (TPSA) is 114 Å². The Bertz CT molecular complexity index is 1060. The fourth-order valence-corrected chi connectivity index (χ4v) is 4.18. The van der Waals surface area contributed by atoms with Crippen molar-refractivity contribution in [1.29, 1.82) is 0 Å². The zero-order chi connectivity index (χ0) is 23.1. The van der Waals surface area contributed by atoms with Crippen LogP contribution in [0.25, 0.3) is 0 Å². The van der Waals surface area contributed by atoms with E-state index >= 15 is 0 Å². The third kappa shape index (κ3) is 7.03. The summed E-state index contributed by atoms with van der Waals surface area (Å²) in [6.07, 6.45) is 2.56. The van der Waals surface area contributed by atoms with Crippen molar-refractivity contribution < 1.29 is 27.1 Å². The Hall–Kier alpha value is -2.98. The van der Waals surface area contributed by atoms with Gasteiger partial charge in [0.1, 0.15) is 16.5 Å². The van der Waals surface area contributed by atoms with Crippen molar-refractivity contribution in [3.05, 3.63) is 59.9 Å². The summed E-state index contributed by atoms with van der Waals surface area (Å²) in [7, 11) is -4.16. The first-order chi connectivity index (χ1) is 15.2. The van der Waals surface area contributed by atoms with Crippen LogP contribution < -0.4 is 20.1 Å².